The Labute approximate surface area is 201 Å². The van der Waals surface area contributed by atoms with E-state index >= 15 is 0 Å². The summed E-state index contributed by atoms with van der Waals surface area (Å²) in [5.41, 5.74) is 3.88. The van der Waals surface area contributed by atoms with Crippen molar-refractivity contribution in [2.75, 3.05) is 32.7 Å². The summed E-state index contributed by atoms with van der Waals surface area (Å²) < 4.78 is 15.4. The van der Waals surface area contributed by atoms with Crippen molar-refractivity contribution in [2.45, 2.75) is 13.3 Å². The highest BCUT2D eigenvalue weighted by molar-refractivity contribution is 6.31. The molecule has 1 heterocycles. The van der Waals surface area contributed by atoms with Crippen molar-refractivity contribution in [3.05, 3.63) is 52.5 Å². The smallest absolute Gasteiger partial charge is 0.311 e. The highest BCUT2D eigenvalue weighted by Crippen LogP contribution is 2.24. The monoisotopic (exact) mass is 489 g/mol. The SMILES string of the molecule is COc1cc(OC)cc(C(=O)NN2C[C@@H](C(=O)OCC(=O)Nc3cccc(Cl)c3C)CC2=O)c1. The second kappa shape index (κ2) is 10.9. The van der Waals surface area contributed by atoms with Gasteiger partial charge in [-0.3, -0.25) is 29.6 Å². The maximum absolute atomic E-state index is 12.6. The van der Waals surface area contributed by atoms with Crippen molar-refractivity contribution in [1.82, 2.24) is 10.4 Å². The fourth-order valence-electron chi connectivity index (χ4n) is 3.28. The Kier molecular flexibility index (Phi) is 7.95. The van der Waals surface area contributed by atoms with Gasteiger partial charge in [-0.1, -0.05) is 17.7 Å². The van der Waals surface area contributed by atoms with Crippen LogP contribution in [0, 0.1) is 12.8 Å². The lowest BCUT2D eigenvalue weighted by molar-refractivity contribution is -0.151. The zero-order valence-corrected chi connectivity index (χ0v) is 19.6. The summed E-state index contributed by atoms with van der Waals surface area (Å²) in [5.74, 6) is -2.30. The largest absolute Gasteiger partial charge is 0.497 e. The molecular weight excluding hydrogens is 466 g/mol. The van der Waals surface area contributed by atoms with Gasteiger partial charge in [0.2, 0.25) is 5.91 Å². The van der Waals surface area contributed by atoms with Crippen LogP contribution >= 0.6 is 11.6 Å². The molecule has 0 aromatic heterocycles. The van der Waals surface area contributed by atoms with E-state index < -0.39 is 36.2 Å². The molecule has 0 unspecified atom stereocenters. The van der Waals surface area contributed by atoms with Gasteiger partial charge in [-0.05, 0) is 36.8 Å². The molecule has 2 N–H and O–H groups in total. The number of carbonyl (C=O) groups is 4. The maximum Gasteiger partial charge on any atom is 0.311 e. The Balaban J connectivity index is 1.53. The number of rotatable bonds is 8. The second-order valence-corrected chi connectivity index (χ2v) is 7.92. The molecular formula is C23H24ClN3O7. The molecule has 0 aliphatic carbocycles. The zero-order chi connectivity index (χ0) is 24.8. The van der Waals surface area contributed by atoms with E-state index in [1.54, 1.807) is 31.2 Å². The molecule has 3 rings (SSSR count). The number of nitrogens with zero attached hydrogens (tertiary/aromatic N) is 1. The zero-order valence-electron chi connectivity index (χ0n) is 18.8. The molecule has 2 aromatic carbocycles. The minimum absolute atomic E-state index is 0.0838. The Morgan fingerprint density at radius 2 is 1.79 bits per heavy atom. The van der Waals surface area contributed by atoms with Crippen LogP contribution in [0.25, 0.3) is 0 Å². The van der Waals surface area contributed by atoms with Crippen LogP contribution in [0.5, 0.6) is 11.5 Å². The van der Waals surface area contributed by atoms with Gasteiger partial charge in [0.1, 0.15) is 11.5 Å². The third-order valence-electron chi connectivity index (χ3n) is 5.20. The van der Waals surface area contributed by atoms with Gasteiger partial charge in [-0.2, -0.15) is 0 Å². The molecule has 11 heteroatoms. The number of anilines is 1. The molecule has 2 aromatic rings. The summed E-state index contributed by atoms with van der Waals surface area (Å²) in [4.78, 5) is 49.5. The highest BCUT2D eigenvalue weighted by Gasteiger charge is 2.36. The predicted octanol–water partition coefficient (Wildman–Crippen LogP) is 2.34. The molecule has 180 valence electrons. The van der Waals surface area contributed by atoms with E-state index in [-0.39, 0.29) is 18.5 Å². The molecule has 0 radical (unpaired) electrons. The average molecular weight is 490 g/mol. The van der Waals surface area contributed by atoms with Crippen molar-refractivity contribution in [3.8, 4) is 11.5 Å². The fourth-order valence-corrected chi connectivity index (χ4v) is 3.46. The van der Waals surface area contributed by atoms with Crippen molar-refractivity contribution < 1.29 is 33.4 Å². The van der Waals surface area contributed by atoms with Crippen molar-refractivity contribution in [3.63, 3.8) is 0 Å². The number of nitrogens with one attached hydrogen (secondary N) is 2. The van der Waals surface area contributed by atoms with Crippen molar-refractivity contribution >= 4 is 41.0 Å². The molecule has 1 aliphatic heterocycles. The molecule has 1 atom stereocenters. The third-order valence-corrected chi connectivity index (χ3v) is 5.61. The summed E-state index contributed by atoms with van der Waals surface area (Å²) in [6, 6.07) is 9.64. The Hall–Kier alpha value is -3.79. The molecule has 3 amide bonds. The maximum atomic E-state index is 12.6. The van der Waals surface area contributed by atoms with Crippen LogP contribution in [0.15, 0.2) is 36.4 Å². The van der Waals surface area contributed by atoms with Crippen molar-refractivity contribution in [1.29, 1.82) is 0 Å². The van der Waals surface area contributed by atoms with Gasteiger partial charge in [-0.15, -0.1) is 0 Å². The minimum Gasteiger partial charge on any atom is -0.497 e. The molecule has 0 bridgehead atoms. The van der Waals surface area contributed by atoms with Crippen LogP contribution < -0.4 is 20.2 Å². The van der Waals surface area contributed by atoms with Crippen LogP contribution in [0.4, 0.5) is 5.69 Å². The van der Waals surface area contributed by atoms with Gasteiger partial charge >= 0.3 is 5.97 Å². The first-order valence-electron chi connectivity index (χ1n) is 10.3. The van der Waals surface area contributed by atoms with Gasteiger partial charge in [-0.25, -0.2) is 0 Å². The van der Waals surface area contributed by atoms with Gasteiger partial charge in [0, 0.05) is 28.8 Å². The molecule has 0 spiro atoms. The average Bonchev–Trinajstić information content (AvgIpc) is 3.20. The van der Waals surface area contributed by atoms with Crippen molar-refractivity contribution in [2.24, 2.45) is 5.92 Å². The summed E-state index contributed by atoms with van der Waals surface area (Å²) in [6.07, 6.45) is -0.157. The van der Waals surface area contributed by atoms with Gasteiger partial charge in [0.05, 0.1) is 26.7 Å². The first-order valence-corrected chi connectivity index (χ1v) is 10.7. The van der Waals surface area contributed by atoms with E-state index in [1.165, 1.54) is 26.4 Å². The fraction of sp³-hybridized carbons (Fsp3) is 0.304. The molecule has 0 saturated carbocycles. The van der Waals surface area contributed by atoms with E-state index in [1.807, 2.05) is 0 Å². The number of hydrazine groups is 1. The number of methoxy groups -OCH3 is 2. The number of ether oxygens (including phenoxy) is 3. The van der Waals surface area contributed by atoms with E-state index in [9.17, 15) is 19.2 Å². The highest BCUT2D eigenvalue weighted by atomic mass is 35.5. The summed E-state index contributed by atoms with van der Waals surface area (Å²) >= 11 is 6.03. The standard InChI is InChI=1S/C23H24ClN3O7/c1-13-18(24)5-4-6-19(13)25-20(28)12-34-23(31)15-9-21(29)27(11-15)26-22(30)14-7-16(32-2)10-17(8-14)33-3/h4-8,10,15H,9,11-12H2,1-3H3,(H,25,28)(H,26,30)/t15-/m0/s1. The first kappa shape index (κ1) is 24.8. The lowest BCUT2D eigenvalue weighted by Gasteiger charge is -2.18. The predicted molar refractivity (Wildman–Crippen MR) is 123 cm³/mol. The van der Waals surface area contributed by atoms with E-state index in [2.05, 4.69) is 10.7 Å². The molecule has 34 heavy (non-hydrogen) atoms. The number of benzene rings is 2. The van der Waals surface area contributed by atoms with E-state index in [0.717, 1.165) is 5.01 Å². The Morgan fingerprint density at radius 1 is 1.12 bits per heavy atom. The number of esters is 1. The van der Waals surface area contributed by atoms with E-state index in [0.29, 0.717) is 27.8 Å². The summed E-state index contributed by atoms with van der Waals surface area (Å²) in [7, 11) is 2.90. The molecule has 1 fully saturated rings. The third kappa shape index (κ3) is 5.96. The van der Waals surface area contributed by atoms with Crippen LogP contribution in [0.2, 0.25) is 5.02 Å². The number of hydrogen-bond acceptors (Lipinski definition) is 7. The molecule has 1 aliphatic rings. The van der Waals surface area contributed by atoms with Crippen LogP contribution in [-0.2, 0) is 19.1 Å². The Bertz CT molecular complexity index is 1100. The van der Waals surface area contributed by atoms with Gasteiger partial charge < -0.3 is 19.5 Å². The number of halogens is 1. The summed E-state index contributed by atoms with van der Waals surface area (Å²) in [5, 5.41) is 4.17. The van der Waals surface area contributed by atoms with Gasteiger partial charge in [0.25, 0.3) is 11.8 Å². The van der Waals surface area contributed by atoms with E-state index in [4.69, 9.17) is 25.8 Å². The Morgan fingerprint density at radius 3 is 2.44 bits per heavy atom. The van der Waals surface area contributed by atoms with Gasteiger partial charge in [0.15, 0.2) is 6.61 Å². The lowest BCUT2D eigenvalue weighted by atomic mass is 10.1. The van der Waals surface area contributed by atoms with Crippen LogP contribution in [0.1, 0.15) is 22.3 Å². The number of carbonyl (C=O) groups excluding carboxylic acids is 4. The summed E-state index contributed by atoms with van der Waals surface area (Å²) in [6.45, 7) is 1.14. The number of hydrogen-bond donors (Lipinski definition) is 2. The second-order valence-electron chi connectivity index (χ2n) is 7.52. The lowest BCUT2D eigenvalue weighted by Crippen LogP contribution is -2.43. The molecule has 1 saturated heterocycles. The minimum atomic E-state index is -0.826. The number of amides is 3. The van der Waals surface area contributed by atoms with Crippen LogP contribution in [-0.4, -0.2) is 56.1 Å². The molecule has 10 nitrogen and oxygen atoms in total. The first-order chi connectivity index (χ1) is 16.2. The quantitative estimate of drug-likeness (QED) is 0.545. The normalized spacial score (nSPS) is 15.0. The van der Waals surface area contributed by atoms with Crippen LogP contribution in [0.3, 0.4) is 0 Å². The topological polar surface area (TPSA) is 123 Å².